The number of benzene rings is 1. The summed E-state index contributed by atoms with van der Waals surface area (Å²) in [5.41, 5.74) is 2.73. The highest BCUT2D eigenvalue weighted by atomic mass is 32.1. The molecular formula is C25H42N4OS2. The lowest BCUT2D eigenvalue weighted by molar-refractivity contribution is 0.291. The molecule has 0 saturated carbocycles. The van der Waals surface area contributed by atoms with Crippen molar-refractivity contribution >= 4 is 36.9 Å². The maximum atomic E-state index is 10.6. The molecule has 0 aliphatic carbocycles. The zero-order chi connectivity index (χ0) is 24.5. The molecule has 0 unspecified atom stereocenters. The molecule has 0 fully saturated rings. The fourth-order valence-corrected chi connectivity index (χ4v) is 3.45. The maximum Gasteiger partial charge on any atom is 0.259 e. The van der Waals surface area contributed by atoms with Crippen molar-refractivity contribution in [3.8, 4) is 0 Å². The van der Waals surface area contributed by atoms with Crippen LogP contribution in [0.4, 0.5) is 11.6 Å². The molecule has 0 aliphatic rings. The van der Waals surface area contributed by atoms with Crippen molar-refractivity contribution < 1.29 is 5.21 Å². The molecule has 0 atom stereocenters. The quantitative estimate of drug-likeness (QED) is 0.214. The van der Waals surface area contributed by atoms with E-state index in [-0.39, 0.29) is 27.1 Å². The Morgan fingerprint density at radius 2 is 1.12 bits per heavy atom. The Balaban J connectivity index is 0.000000547. The summed E-state index contributed by atoms with van der Waals surface area (Å²) in [5, 5.41) is 12.0. The van der Waals surface area contributed by atoms with Gasteiger partial charge in [-0.05, 0) is 34.1 Å². The van der Waals surface area contributed by atoms with Crippen LogP contribution in [-0.4, -0.2) is 20.2 Å². The molecule has 0 amide bonds. The lowest BCUT2D eigenvalue weighted by Crippen LogP contribution is -2.20. The monoisotopic (exact) mass is 478 g/mol. The zero-order valence-electron chi connectivity index (χ0n) is 21.1. The van der Waals surface area contributed by atoms with Crippen molar-refractivity contribution in [3.63, 3.8) is 0 Å². The lowest BCUT2D eigenvalue weighted by atomic mass is 9.80. The van der Waals surface area contributed by atoms with E-state index >= 15 is 0 Å². The highest BCUT2D eigenvalue weighted by Crippen LogP contribution is 2.34. The summed E-state index contributed by atoms with van der Waals surface area (Å²) in [5.74, 6) is 0.0888. The van der Waals surface area contributed by atoms with E-state index in [0.29, 0.717) is 5.69 Å². The summed E-state index contributed by atoms with van der Waals surface area (Å²) in [6.07, 6.45) is 8.49. The van der Waals surface area contributed by atoms with Crippen LogP contribution in [0.5, 0.6) is 0 Å². The van der Waals surface area contributed by atoms with Crippen molar-refractivity contribution in [1.29, 1.82) is 0 Å². The molecule has 0 bridgehead atoms. The molecular weight excluding hydrogens is 436 g/mol. The normalized spacial score (nSPS) is 11.7. The van der Waals surface area contributed by atoms with Gasteiger partial charge >= 0.3 is 0 Å². The number of unbranched alkanes of at least 4 members (excludes halogenated alkanes) is 5. The van der Waals surface area contributed by atoms with Gasteiger partial charge in [-0.25, -0.2) is 0 Å². The predicted molar refractivity (Wildman–Crippen MR) is 141 cm³/mol. The maximum absolute atomic E-state index is 10.6. The Morgan fingerprint density at radius 1 is 0.719 bits per heavy atom. The fraction of sp³-hybridized carbons (Fsp3) is 0.640. The number of anilines is 2. The third-order valence-corrected chi connectivity index (χ3v) is 5.54. The van der Waals surface area contributed by atoms with Crippen LogP contribution >= 0.6 is 25.3 Å². The molecule has 180 valence electrons. The minimum absolute atomic E-state index is 0.0562. The van der Waals surface area contributed by atoms with Crippen molar-refractivity contribution in [3.05, 3.63) is 29.3 Å². The second-order valence-corrected chi connectivity index (χ2v) is 11.0. The van der Waals surface area contributed by atoms with Gasteiger partial charge in [-0.15, -0.1) is 25.3 Å². The summed E-state index contributed by atoms with van der Waals surface area (Å²) >= 11 is 8.23. The Kier molecular flexibility index (Phi) is 11.5. The molecule has 0 spiro atoms. The van der Waals surface area contributed by atoms with E-state index in [1.54, 1.807) is 0 Å². The molecule has 1 N–H and O–H groups in total. The summed E-state index contributed by atoms with van der Waals surface area (Å²) in [7, 11) is 0. The molecule has 0 saturated heterocycles. The third kappa shape index (κ3) is 9.67. The molecule has 7 heteroatoms. The van der Waals surface area contributed by atoms with Crippen molar-refractivity contribution in [1.82, 2.24) is 15.0 Å². The summed E-state index contributed by atoms with van der Waals surface area (Å²) in [6, 6.07) is 6.06. The number of hydrogen-bond acceptors (Lipinski definition) is 7. The van der Waals surface area contributed by atoms with Crippen molar-refractivity contribution in [2.24, 2.45) is 0 Å². The van der Waals surface area contributed by atoms with Gasteiger partial charge in [0.2, 0.25) is 0 Å². The molecule has 1 heterocycles. The first-order chi connectivity index (χ1) is 14.8. The molecule has 2 rings (SSSR count). The van der Waals surface area contributed by atoms with E-state index in [9.17, 15) is 5.21 Å². The average molecular weight is 479 g/mol. The smallest absolute Gasteiger partial charge is 0.259 e. The zero-order valence-corrected chi connectivity index (χ0v) is 22.9. The average Bonchev–Trinajstić information content (AvgIpc) is 2.69. The molecule has 1 aromatic carbocycles. The Labute approximate surface area is 206 Å². The molecule has 0 radical (unpaired) electrons. The molecule has 32 heavy (non-hydrogen) atoms. The van der Waals surface area contributed by atoms with Crippen LogP contribution in [0.25, 0.3) is 0 Å². The predicted octanol–water partition coefficient (Wildman–Crippen LogP) is 7.94. The number of thiol groups is 2. The molecule has 5 nitrogen and oxygen atoms in total. The second-order valence-electron chi connectivity index (χ2n) is 10.2. The van der Waals surface area contributed by atoms with Gasteiger partial charge in [-0.2, -0.15) is 20.0 Å². The summed E-state index contributed by atoms with van der Waals surface area (Å²) < 4.78 is 0. The van der Waals surface area contributed by atoms with Gasteiger partial charge in [-0.3, -0.25) is 5.21 Å². The minimum atomic E-state index is -0.0562. The first kappa shape index (κ1) is 28.7. The van der Waals surface area contributed by atoms with Gasteiger partial charge < -0.3 is 0 Å². The van der Waals surface area contributed by atoms with E-state index in [1.165, 1.54) is 38.5 Å². The summed E-state index contributed by atoms with van der Waals surface area (Å²) in [4.78, 5) is 12.0. The van der Waals surface area contributed by atoms with Crippen LogP contribution in [0.2, 0.25) is 0 Å². The molecule has 1 aromatic heterocycles. The number of nitrogens with zero attached hydrogens (tertiary/aromatic N) is 4. The van der Waals surface area contributed by atoms with Crippen LogP contribution < -0.4 is 5.06 Å². The van der Waals surface area contributed by atoms with Gasteiger partial charge in [0.1, 0.15) is 0 Å². The van der Waals surface area contributed by atoms with E-state index in [1.807, 2.05) is 12.1 Å². The third-order valence-electron chi connectivity index (χ3n) is 5.14. The van der Waals surface area contributed by atoms with Gasteiger partial charge in [0, 0.05) is 0 Å². The van der Waals surface area contributed by atoms with Gasteiger partial charge in [0.15, 0.2) is 10.3 Å². The number of hydrogen-bond donors (Lipinski definition) is 3. The van der Waals surface area contributed by atoms with E-state index < -0.39 is 0 Å². The van der Waals surface area contributed by atoms with Gasteiger partial charge in [-0.1, -0.05) is 100.0 Å². The molecule has 0 aliphatic heterocycles. The van der Waals surface area contributed by atoms with Crippen molar-refractivity contribution in [2.45, 2.75) is 115 Å². The Bertz CT molecular complexity index is 786. The highest BCUT2D eigenvalue weighted by Gasteiger charge is 2.23. The summed E-state index contributed by atoms with van der Waals surface area (Å²) in [6.45, 7) is 17.4. The fourth-order valence-electron chi connectivity index (χ4n) is 3.01. The Morgan fingerprint density at radius 3 is 1.47 bits per heavy atom. The second kappa shape index (κ2) is 12.8. The van der Waals surface area contributed by atoms with E-state index in [0.717, 1.165) is 16.2 Å². The first-order valence-corrected chi connectivity index (χ1v) is 12.5. The lowest BCUT2D eigenvalue weighted by Gasteiger charge is -2.27. The van der Waals surface area contributed by atoms with Crippen LogP contribution in [0.3, 0.4) is 0 Å². The largest absolute Gasteiger partial charge is 0.281 e. The number of rotatable bonds is 7. The van der Waals surface area contributed by atoms with E-state index in [4.69, 9.17) is 0 Å². The van der Waals surface area contributed by atoms with Crippen LogP contribution in [0.15, 0.2) is 28.5 Å². The first-order valence-electron chi connectivity index (χ1n) is 11.6. The molecule has 2 aromatic rings. The van der Waals surface area contributed by atoms with Crippen LogP contribution in [-0.2, 0) is 10.8 Å². The highest BCUT2D eigenvalue weighted by molar-refractivity contribution is 7.80. The topological polar surface area (TPSA) is 62.1 Å². The standard InChI is InChI=1S/C17H24N4OS2.C8H18/c1-16(2,3)10-7-11(17(4,5)6)9-12(8-10)21(22)13-18-14(23)20-15(24)19-13;1-3-5-7-8-6-4-2/h7-9,22H,1-6H3,(H2,18,19,20,23,24);3-8H2,1-2H3. The van der Waals surface area contributed by atoms with Crippen molar-refractivity contribution in [2.75, 3.05) is 5.06 Å². The van der Waals surface area contributed by atoms with Crippen LogP contribution in [0.1, 0.15) is 105 Å². The van der Waals surface area contributed by atoms with Gasteiger partial charge in [0.05, 0.1) is 5.69 Å². The van der Waals surface area contributed by atoms with E-state index in [2.05, 4.69) is 102 Å². The SMILES string of the molecule is CC(C)(C)c1cc(N(O)c2nc(S)nc(S)n2)cc(C(C)(C)C)c1.CCCCCCCC. The Hall–Kier alpha value is -1.31. The van der Waals surface area contributed by atoms with Crippen LogP contribution in [0, 0.1) is 0 Å². The van der Waals surface area contributed by atoms with Gasteiger partial charge in [0.25, 0.3) is 5.95 Å². The minimum Gasteiger partial charge on any atom is -0.281 e. The number of aromatic nitrogens is 3.